The third-order valence-electron chi connectivity index (χ3n) is 12.3. The first-order chi connectivity index (χ1) is 27.4. The molecule has 5 atom stereocenters. The molecule has 1 amide bonds. The zero-order valence-electron chi connectivity index (χ0n) is 32.5. The summed E-state index contributed by atoms with van der Waals surface area (Å²) in [6.07, 6.45) is 10.5. The lowest BCUT2D eigenvalue weighted by molar-refractivity contribution is 0.00537. The Morgan fingerprint density at radius 3 is 2.70 bits per heavy atom. The van der Waals surface area contributed by atoms with Crippen molar-refractivity contribution in [3.8, 4) is 41.2 Å². The van der Waals surface area contributed by atoms with E-state index in [4.69, 9.17) is 45.1 Å². The van der Waals surface area contributed by atoms with Gasteiger partial charge in [0.1, 0.15) is 52.8 Å². The second kappa shape index (κ2) is 14.1. The molecule has 57 heavy (non-hydrogen) atoms. The van der Waals surface area contributed by atoms with Gasteiger partial charge < -0.3 is 33.7 Å². The van der Waals surface area contributed by atoms with Gasteiger partial charge >= 0.3 is 12.1 Å². The van der Waals surface area contributed by atoms with Crippen LogP contribution in [0.25, 0.3) is 32.9 Å². The van der Waals surface area contributed by atoms with Gasteiger partial charge in [0.15, 0.2) is 12.6 Å². The van der Waals surface area contributed by atoms with Gasteiger partial charge in [-0.3, -0.25) is 9.80 Å². The average Bonchev–Trinajstić information content (AvgIpc) is 3.83. The van der Waals surface area contributed by atoms with Crippen molar-refractivity contribution in [1.82, 2.24) is 24.8 Å². The number of rotatable bonds is 8. The van der Waals surface area contributed by atoms with Crippen LogP contribution in [0.5, 0.6) is 17.6 Å². The number of amides is 1. The van der Waals surface area contributed by atoms with E-state index < -0.39 is 23.3 Å². The highest BCUT2D eigenvalue weighted by atomic mass is 19.1. The second-order valence-corrected chi connectivity index (χ2v) is 16.7. The van der Waals surface area contributed by atoms with Crippen molar-refractivity contribution in [2.75, 3.05) is 51.7 Å². The van der Waals surface area contributed by atoms with Crippen molar-refractivity contribution < 1.29 is 42.4 Å². The number of anilines is 1. The van der Waals surface area contributed by atoms with E-state index in [9.17, 15) is 9.90 Å². The molecule has 5 aliphatic rings. The molecule has 0 spiro atoms. The number of benzene rings is 2. The number of methoxy groups -OCH3 is 1. The number of ether oxygens (including phenoxy) is 5. The molecule has 2 bridgehead atoms. The highest BCUT2D eigenvalue weighted by Crippen LogP contribution is 2.47. The summed E-state index contributed by atoms with van der Waals surface area (Å²) in [6, 6.07) is 5.20. The van der Waals surface area contributed by atoms with E-state index in [-0.39, 0.29) is 101 Å². The number of carbonyl (C=O) groups excluding carboxylic acids is 1. The van der Waals surface area contributed by atoms with Gasteiger partial charge in [0, 0.05) is 30.6 Å². The summed E-state index contributed by atoms with van der Waals surface area (Å²) in [5, 5.41) is 11.1. The summed E-state index contributed by atoms with van der Waals surface area (Å²) in [5.74, 6) is 1.78. The predicted molar refractivity (Wildman–Crippen MR) is 206 cm³/mol. The van der Waals surface area contributed by atoms with Crippen molar-refractivity contribution in [1.29, 1.82) is 0 Å². The summed E-state index contributed by atoms with van der Waals surface area (Å²) >= 11 is 0. The van der Waals surface area contributed by atoms with Crippen molar-refractivity contribution in [3.05, 3.63) is 41.5 Å². The van der Waals surface area contributed by atoms with Crippen molar-refractivity contribution in [3.63, 3.8) is 0 Å². The number of aliphatic hydroxyl groups is 1. The molecule has 0 unspecified atom stereocenters. The number of hydrogen-bond acceptors (Lipinski definition) is 12. The Kier molecular flexibility index (Phi) is 9.29. The Balaban J connectivity index is 1.21. The maximum atomic E-state index is 17.6. The molecule has 13 nitrogen and oxygen atoms in total. The third-order valence-corrected chi connectivity index (χ3v) is 12.3. The minimum Gasteiger partial charge on any atom is -0.475 e. The summed E-state index contributed by atoms with van der Waals surface area (Å²) in [4.78, 5) is 34.4. The quantitative estimate of drug-likeness (QED) is 0.171. The summed E-state index contributed by atoms with van der Waals surface area (Å²) in [5.41, 5.74) is -1.14. The monoisotopic (exact) mass is 784 g/mol. The summed E-state index contributed by atoms with van der Waals surface area (Å²) < 4.78 is 62.7. The maximum absolute atomic E-state index is 17.6. The first-order valence-corrected chi connectivity index (χ1v) is 19.6. The molecular weight excluding hydrogens is 738 g/mol. The zero-order chi connectivity index (χ0) is 39.8. The van der Waals surface area contributed by atoms with Crippen LogP contribution >= 0.6 is 0 Å². The lowest BCUT2D eigenvalue weighted by Crippen LogP contribution is -2.63. The third kappa shape index (κ3) is 6.24. The number of halogens is 2. The first-order valence-electron chi connectivity index (χ1n) is 19.6. The molecule has 2 aromatic carbocycles. The van der Waals surface area contributed by atoms with Crippen LogP contribution in [-0.2, 0) is 9.47 Å². The number of fused-ring (bicyclic) bond motifs is 7. The Hall–Kier alpha value is -5.04. The number of terminal acetylenes is 1. The number of aromatic nitrogens is 3. The number of aliphatic hydroxyl groups excluding tert-OH is 1. The van der Waals surface area contributed by atoms with Crippen molar-refractivity contribution in [2.24, 2.45) is 0 Å². The fourth-order valence-corrected chi connectivity index (χ4v) is 9.86. The Bertz CT molecular complexity index is 2320. The van der Waals surface area contributed by atoms with Crippen LogP contribution in [0.2, 0.25) is 0 Å². The molecule has 4 aromatic rings. The van der Waals surface area contributed by atoms with Gasteiger partial charge in [0.2, 0.25) is 5.88 Å². The summed E-state index contributed by atoms with van der Waals surface area (Å²) in [6.45, 7) is 7.10. The minimum atomic E-state index is -0.807. The number of piperazine rings is 1. The molecule has 5 aliphatic heterocycles. The Morgan fingerprint density at radius 1 is 1.09 bits per heavy atom. The van der Waals surface area contributed by atoms with Crippen LogP contribution in [0, 0.1) is 24.0 Å². The van der Waals surface area contributed by atoms with Crippen LogP contribution in [0.4, 0.5) is 19.4 Å². The molecule has 1 N–H and O–H groups in total. The molecule has 9 rings (SSSR count). The van der Waals surface area contributed by atoms with Crippen LogP contribution in [-0.4, -0.2) is 118 Å². The zero-order valence-corrected chi connectivity index (χ0v) is 32.5. The molecular formula is C42H46F2N6O7. The largest absolute Gasteiger partial charge is 0.475 e. The lowest BCUT2D eigenvalue weighted by Gasteiger charge is -2.46. The van der Waals surface area contributed by atoms with Gasteiger partial charge in [0.05, 0.1) is 35.8 Å². The standard InChI is InChI=1S/C42H46F2N6O7/c1-6-27-29(43)10-8-23-16-26(56-22-53-5)17-28(32(23)27)35-34(44)36-33-37(47-39(46-36)55-21-42-13-7-15-49(42)25(19-51)12-14-42)48-18-24-9-11-30(31(48)20-54-38(33)45-35)50(24)40(52)57-41(2,3)4/h1,8,10,16-17,24-25,30-31,51H,7,9,11-15,18-22H2,2-5H3/t24-,25+,30+,31-,42+/m1/s1. The smallest absolute Gasteiger partial charge is 0.410 e. The first kappa shape index (κ1) is 37.5. The van der Waals surface area contributed by atoms with E-state index in [1.54, 1.807) is 18.2 Å². The fourth-order valence-electron chi connectivity index (χ4n) is 9.86. The normalized spacial score (nSPS) is 25.2. The SMILES string of the molecule is C#Cc1c(F)ccc2cc(OCOC)cc(-c3nc4c5c(nc(OC[C@@]67CCCN6[C@H](CO)CC7)nc5c3F)N3C[C@H]5CC[C@@H]([C@H]3CO4)N5C(=O)OC(C)(C)C)c12. The fraction of sp³-hybridized carbons (Fsp3) is 0.524. The second-order valence-electron chi connectivity index (χ2n) is 16.7. The van der Waals surface area contributed by atoms with Gasteiger partial charge in [-0.05, 0) is 89.4 Å². The van der Waals surface area contributed by atoms with Gasteiger partial charge in [-0.1, -0.05) is 12.0 Å². The van der Waals surface area contributed by atoms with E-state index in [1.165, 1.54) is 13.2 Å². The molecule has 4 saturated heterocycles. The van der Waals surface area contributed by atoms with Crippen LogP contribution in [0.3, 0.4) is 0 Å². The van der Waals surface area contributed by atoms with Gasteiger partial charge in [-0.2, -0.15) is 9.97 Å². The van der Waals surface area contributed by atoms with Crippen molar-refractivity contribution in [2.45, 2.75) is 94.6 Å². The van der Waals surface area contributed by atoms with Crippen LogP contribution < -0.4 is 19.1 Å². The number of carbonyl (C=O) groups is 1. The number of hydrogen-bond donors (Lipinski definition) is 1. The Labute approximate surface area is 329 Å². The van der Waals surface area contributed by atoms with E-state index >= 15 is 8.78 Å². The lowest BCUT2D eigenvalue weighted by atomic mass is 9.95. The molecule has 300 valence electrons. The number of nitrogens with zero attached hydrogens (tertiary/aromatic N) is 6. The molecule has 0 saturated carbocycles. The Morgan fingerprint density at radius 2 is 1.93 bits per heavy atom. The average molecular weight is 785 g/mol. The van der Waals surface area contributed by atoms with Crippen LogP contribution in [0.1, 0.15) is 64.9 Å². The van der Waals surface area contributed by atoms with E-state index in [0.717, 1.165) is 38.6 Å². The van der Waals surface area contributed by atoms with Crippen molar-refractivity contribution >= 4 is 33.6 Å². The van der Waals surface area contributed by atoms with Gasteiger partial charge in [0.25, 0.3) is 0 Å². The molecule has 0 aliphatic carbocycles. The molecule has 7 heterocycles. The molecule has 4 fully saturated rings. The minimum absolute atomic E-state index is 0.0202. The highest BCUT2D eigenvalue weighted by Gasteiger charge is 2.53. The predicted octanol–water partition coefficient (Wildman–Crippen LogP) is 5.80. The topological polar surface area (TPSA) is 132 Å². The van der Waals surface area contributed by atoms with E-state index in [0.29, 0.717) is 29.9 Å². The van der Waals surface area contributed by atoms with E-state index in [1.807, 2.05) is 25.7 Å². The molecule has 0 radical (unpaired) electrons. The highest BCUT2D eigenvalue weighted by molar-refractivity contribution is 6.04. The van der Waals surface area contributed by atoms with Crippen LogP contribution in [0.15, 0.2) is 24.3 Å². The number of pyridine rings is 1. The van der Waals surface area contributed by atoms with Gasteiger partial charge in [-0.25, -0.2) is 18.6 Å². The maximum Gasteiger partial charge on any atom is 0.410 e. The molecule has 2 aromatic heterocycles. The van der Waals surface area contributed by atoms with E-state index in [2.05, 4.69) is 15.7 Å². The summed E-state index contributed by atoms with van der Waals surface area (Å²) in [7, 11) is 1.48. The van der Waals surface area contributed by atoms with Gasteiger partial charge in [-0.15, -0.1) is 6.42 Å². The molecule has 15 heteroatoms.